The molecule has 1 heterocycles. The molecule has 208 valence electrons. The highest BCUT2D eigenvalue weighted by Gasteiger charge is 2.28. The topological polar surface area (TPSA) is 32.8 Å². The molecule has 0 aliphatic carbocycles. The van der Waals surface area contributed by atoms with Crippen LogP contribution in [0.4, 0.5) is 0 Å². The summed E-state index contributed by atoms with van der Waals surface area (Å²) in [5.41, 5.74) is 3.61. The first-order valence-corrected chi connectivity index (χ1v) is 14.8. The van der Waals surface area contributed by atoms with Crippen molar-refractivity contribution in [2.45, 2.75) is 45.0 Å². The van der Waals surface area contributed by atoms with Gasteiger partial charge in [-0.25, -0.2) is 0 Å². The minimum atomic E-state index is 0.128. The largest absolute Gasteiger partial charge is 0.375 e. The molecule has 4 heteroatoms. The fourth-order valence-corrected chi connectivity index (χ4v) is 6.03. The number of carbonyl (C=O) groups excluding carboxylic acids is 1. The Balaban J connectivity index is 1.18. The van der Waals surface area contributed by atoms with E-state index in [4.69, 9.17) is 4.74 Å². The van der Waals surface area contributed by atoms with E-state index in [1.807, 2.05) is 18.2 Å². The summed E-state index contributed by atoms with van der Waals surface area (Å²) < 4.78 is 6.11. The summed E-state index contributed by atoms with van der Waals surface area (Å²) in [6.45, 7) is 3.77. The predicted molar refractivity (Wildman–Crippen MR) is 167 cm³/mol. The van der Waals surface area contributed by atoms with Crippen LogP contribution in [-0.4, -0.2) is 41.4 Å². The molecule has 1 fully saturated rings. The average molecular weight is 543 g/mol. The molecule has 0 radical (unpaired) electrons. The van der Waals surface area contributed by atoms with Crippen LogP contribution >= 0.6 is 0 Å². The number of rotatable bonds is 10. The lowest BCUT2D eigenvalue weighted by Gasteiger charge is -2.37. The maximum atomic E-state index is 13.9. The summed E-state index contributed by atoms with van der Waals surface area (Å²) in [6.07, 6.45) is 3.19. The summed E-state index contributed by atoms with van der Waals surface area (Å²) in [7, 11) is 0. The highest BCUT2D eigenvalue weighted by Crippen LogP contribution is 2.22. The quantitative estimate of drug-likeness (QED) is 0.182. The number of benzene rings is 5. The van der Waals surface area contributed by atoms with Crippen molar-refractivity contribution in [1.29, 1.82) is 0 Å². The van der Waals surface area contributed by atoms with Crippen LogP contribution in [0.25, 0.3) is 21.5 Å². The Morgan fingerprint density at radius 2 is 1.27 bits per heavy atom. The van der Waals surface area contributed by atoms with Crippen LogP contribution in [0.15, 0.2) is 115 Å². The van der Waals surface area contributed by atoms with Gasteiger partial charge in [-0.1, -0.05) is 103 Å². The van der Waals surface area contributed by atoms with Crippen LogP contribution < -0.4 is 0 Å². The number of amides is 1. The van der Waals surface area contributed by atoms with Crippen LogP contribution in [0.2, 0.25) is 0 Å². The predicted octanol–water partition coefficient (Wildman–Crippen LogP) is 7.59. The third kappa shape index (κ3) is 7.02. The lowest BCUT2D eigenvalue weighted by atomic mass is 10.0. The number of likely N-dealkylation sites (tertiary alicyclic amines) is 1. The Kier molecular flexibility index (Phi) is 8.70. The number of nitrogens with zero attached hydrogens (tertiary/aromatic N) is 2. The van der Waals surface area contributed by atoms with E-state index in [0.29, 0.717) is 32.8 Å². The Labute approximate surface area is 243 Å². The van der Waals surface area contributed by atoms with Crippen molar-refractivity contribution in [2.75, 3.05) is 19.7 Å². The second-order valence-electron chi connectivity index (χ2n) is 11.2. The van der Waals surface area contributed by atoms with Gasteiger partial charge in [0.15, 0.2) is 0 Å². The molecule has 1 atom stereocenters. The zero-order valence-corrected chi connectivity index (χ0v) is 23.6. The molecule has 0 aromatic heterocycles. The molecule has 1 saturated heterocycles. The molecule has 5 aromatic carbocycles. The minimum absolute atomic E-state index is 0.128. The van der Waals surface area contributed by atoms with Gasteiger partial charge in [0.2, 0.25) is 5.91 Å². The minimum Gasteiger partial charge on any atom is -0.375 e. The zero-order valence-electron chi connectivity index (χ0n) is 23.6. The molecule has 0 spiro atoms. The number of carbonyl (C=O) groups is 1. The number of piperidine rings is 1. The highest BCUT2D eigenvalue weighted by atomic mass is 16.5. The van der Waals surface area contributed by atoms with Crippen LogP contribution in [0.5, 0.6) is 0 Å². The fourth-order valence-electron chi connectivity index (χ4n) is 6.03. The lowest BCUT2D eigenvalue weighted by molar-refractivity contribution is -0.138. The Morgan fingerprint density at radius 1 is 0.683 bits per heavy atom. The first-order valence-electron chi connectivity index (χ1n) is 14.8. The summed E-state index contributed by atoms with van der Waals surface area (Å²) in [4.78, 5) is 18.3. The first-order chi connectivity index (χ1) is 20.2. The van der Waals surface area contributed by atoms with Crippen molar-refractivity contribution >= 4 is 27.5 Å². The van der Waals surface area contributed by atoms with Crippen molar-refractivity contribution < 1.29 is 9.53 Å². The zero-order chi connectivity index (χ0) is 27.9. The van der Waals surface area contributed by atoms with Crippen LogP contribution in [0.1, 0.15) is 36.0 Å². The Morgan fingerprint density at radius 3 is 1.90 bits per heavy atom. The van der Waals surface area contributed by atoms with Crippen LogP contribution in [0.3, 0.4) is 0 Å². The van der Waals surface area contributed by atoms with E-state index in [0.717, 1.165) is 31.4 Å². The molecule has 41 heavy (non-hydrogen) atoms. The van der Waals surface area contributed by atoms with Gasteiger partial charge in [-0.05, 0) is 69.6 Å². The molecule has 4 nitrogen and oxygen atoms in total. The average Bonchev–Trinajstić information content (AvgIpc) is 3.01. The molecular weight excluding hydrogens is 504 g/mol. The molecule has 1 amide bonds. The second kappa shape index (κ2) is 13.1. The molecule has 0 bridgehead atoms. The summed E-state index contributed by atoms with van der Waals surface area (Å²) in [5.74, 6) is 0.194. The van der Waals surface area contributed by atoms with Crippen LogP contribution in [0, 0.1) is 0 Å². The molecule has 0 N–H and O–H groups in total. The smallest absolute Gasteiger partial charge is 0.237 e. The number of ether oxygens (including phenoxy) is 1. The van der Waals surface area contributed by atoms with Crippen LogP contribution in [-0.2, 0) is 29.2 Å². The molecule has 5 aromatic rings. The number of fused-ring (bicyclic) bond motifs is 2. The summed E-state index contributed by atoms with van der Waals surface area (Å²) in [6, 6.07) is 40.6. The van der Waals surface area contributed by atoms with E-state index in [2.05, 4.69) is 107 Å². The van der Waals surface area contributed by atoms with E-state index in [9.17, 15) is 4.79 Å². The van der Waals surface area contributed by atoms with E-state index >= 15 is 0 Å². The van der Waals surface area contributed by atoms with Gasteiger partial charge in [0.25, 0.3) is 0 Å². The van der Waals surface area contributed by atoms with Gasteiger partial charge in [0, 0.05) is 19.6 Å². The standard InChI is InChI=1S/C37H38N2O2/c40-37(39-21-9-8-16-36(39)28-41-27-29-10-2-1-3-11-29)26-38(24-30-17-19-32-12-4-6-14-34(32)22-30)25-31-18-20-33-13-5-7-15-35(33)23-31/h1-7,10-15,17-20,22-23,36H,8-9,16,21,24-28H2. The van der Waals surface area contributed by atoms with Crippen molar-refractivity contribution in [3.8, 4) is 0 Å². The SMILES string of the molecule is O=C(CN(Cc1ccc2ccccc2c1)Cc1ccc2ccccc2c1)N1CCCCC1COCc1ccccc1. The molecular formula is C37H38N2O2. The maximum Gasteiger partial charge on any atom is 0.237 e. The van der Waals surface area contributed by atoms with Gasteiger partial charge < -0.3 is 9.64 Å². The Hall–Kier alpha value is -3.99. The highest BCUT2D eigenvalue weighted by molar-refractivity contribution is 5.84. The van der Waals surface area contributed by atoms with Gasteiger partial charge in [0.1, 0.15) is 0 Å². The Bertz CT molecular complexity index is 1520. The second-order valence-corrected chi connectivity index (χ2v) is 11.2. The summed E-state index contributed by atoms with van der Waals surface area (Å²) >= 11 is 0. The normalized spacial score (nSPS) is 15.5. The van der Waals surface area contributed by atoms with Gasteiger partial charge in [0.05, 0.1) is 25.8 Å². The monoisotopic (exact) mass is 542 g/mol. The molecule has 0 saturated carbocycles. The van der Waals surface area contributed by atoms with Gasteiger partial charge in [-0.2, -0.15) is 0 Å². The van der Waals surface area contributed by atoms with Gasteiger partial charge >= 0.3 is 0 Å². The van der Waals surface area contributed by atoms with Crippen molar-refractivity contribution in [3.05, 3.63) is 132 Å². The number of hydrogen-bond acceptors (Lipinski definition) is 3. The van der Waals surface area contributed by atoms with E-state index < -0.39 is 0 Å². The molecule has 1 aliphatic rings. The van der Waals surface area contributed by atoms with Crippen molar-refractivity contribution in [3.63, 3.8) is 0 Å². The third-order valence-electron chi connectivity index (χ3n) is 8.17. The first kappa shape index (κ1) is 27.2. The maximum absolute atomic E-state index is 13.9. The fraction of sp³-hybridized carbons (Fsp3) is 0.270. The van der Waals surface area contributed by atoms with E-state index in [-0.39, 0.29) is 11.9 Å². The van der Waals surface area contributed by atoms with E-state index in [1.54, 1.807) is 0 Å². The van der Waals surface area contributed by atoms with E-state index in [1.165, 1.54) is 32.7 Å². The van der Waals surface area contributed by atoms with Gasteiger partial charge in [-0.3, -0.25) is 9.69 Å². The van der Waals surface area contributed by atoms with Gasteiger partial charge in [-0.15, -0.1) is 0 Å². The van der Waals surface area contributed by atoms with Crippen molar-refractivity contribution in [1.82, 2.24) is 9.80 Å². The third-order valence-corrected chi connectivity index (χ3v) is 8.17. The number of hydrogen-bond donors (Lipinski definition) is 0. The molecule has 1 aliphatic heterocycles. The molecule has 1 unspecified atom stereocenters. The summed E-state index contributed by atoms with van der Waals surface area (Å²) in [5, 5.41) is 4.93. The molecule has 6 rings (SSSR count). The lowest BCUT2D eigenvalue weighted by Crippen LogP contribution is -2.49. The van der Waals surface area contributed by atoms with Crippen molar-refractivity contribution in [2.24, 2.45) is 0 Å².